The number of carbonyl (C=O) groups is 1. The number of hydrogen-bond donors (Lipinski definition) is 1. The molecule has 2 aromatic carbocycles. The number of nitrogens with zero attached hydrogens (tertiary/aromatic N) is 1. The standard InChI is InChI=1S/C24H32N2O5/c1-16(25-23(27)15-28-2)24-20-13-22(31-5)21(30-4)12-18(20)9-10-26(24)14-17-7-6-8-19(11-17)29-3/h6-8,11-13,16,24H,9-10,14-15H2,1-5H3,(H,25,27)/t16-,24-/m0/s1. The van der Waals surface area contributed by atoms with E-state index in [2.05, 4.69) is 22.3 Å². The summed E-state index contributed by atoms with van der Waals surface area (Å²) in [7, 11) is 6.48. The fraction of sp³-hybridized carbons (Fsp3) is 0.458. The van der Waals surface area contributed by atoms with Gasteiger partial charge in [0.05, 0.1) is 27.4 Å². The predicted octanol–water partition coefficient (Wildman–Crippen LogP) is 2.96. The molecule has 0 aliphatic carbocycles. The Kier molecular flexibility index (Phi) is 7.76. The number of rotatable bonds is 9. The van der Waals surface area contributed by atoms with Crippen molar-refractivity contribution in [2.24, 2.45) is 0 Å². The molecule has 1 N–H and O–H groups in total. The molecule has 7 heteroatoms. The first-order valence-corrected chi connectivity index (χ1v) is 10.4. The van der Waals surface area contributed by atoms with E-state index in [0.29, 0.717) is 5.75 Å². The Morgan fingerprint density at radius 3 is 2.52 bits per heavy atom. The molecule has 0 spiro atoms. The minimum atomic E-state index is -0.135. The second-order valence-electron chi connectivity index (χ2n) is 7.71. The highest BCUT2D eigenvalue weighted by molar-refractivity contribution is 5.77. The maximum atomic E-state index is 12.3. The number of amides is 1. The van der Waals surface area contributed by atoms with Crippen LogP contribution in [0.4, 0.5) is 0 Å². The first kappa shape index (κ1) is 22.9. The molecule has 2 atom stereocenters. The summed E-state index contributed by atoms with van der Waals surface area (Å²) >= 11 is 0. The lowest BCUT2D eigenvalue weighted by Crippen LogP contribution is -2.48. The lowest BCUT2D eigenvalue weighted by Gasteiger charge is -2.41. The molecule has 0 saturated heterocycles. The summed E-state index contributed by atoms with van der Waals surface area (Å²) in [6, 6.07) is 12.0. The third-order valence-corrected chi connectivity index (χ3v) is 5.68. The average molecular weight is 429 g/mol. The fourth-order valence-corrected chi connectivity index (χ4v) is 4.30. The number of fused-ring (bicyclic) bond motifs is 1. The van der Waals surface area contributed by atoms with Crippen LogP contribution in [0.5, 0.6) is 17.2 Å². The highest BCUT2D eigenvalue weighted by atomic mass is 16.5. The molecule has 0 bridgehead atoms. The zero-order valence-corrected chi connectivity index (χ0v) is 18.9. The minimum absolute atomic E-state index is 0.0319. The van der Waals surface area contributed by atoms with Gasteiger partial charge in [-0.2, -0.15) is 0 Å². The topological polar surface area (TPSA) is 69.3 Å². The zero-order chi connectivity index (χ0) is 22.4. The highest BCUT2D eigenvalue weighted by Gasteiger charge is 2.33. The van der Waals surface area contributed by atoms with Crippen molar-refractivity contribution in [2.75, 3.05) is 41.6 Å². The average Bonchev–Trinajstić information content (AvgIpc) is 2.78. The van der Waals surface area contributed by atoms with E-state index >= 15 is 0 Å². The van der Waals surface area contributed by atoms with Crippen molar-refractivity contribution in [1.82, 2.24) is 10.2 Å². The Bertz CT molecular complexity index is 902. The van der Waals surface area contributed by atoms with Crippen molar-refractivity contribution in [1.29, 1.82) is 0 Å². The van der Waals surface area contributed by atoms with Crippen molar-refractivity contribution >= 4 is 5.91 Å². The van der Waals surface area contributed by atoms with Gasteiger partial charge in [-0.05, 0) is 54.3 Å². The first-order chi connectivity index (χ1) is 15.0. The molecular weight excluding hydrogens is 396 g/mol. The molecule has 168 valence electrons. The van der Waals surface area contributed by atoms with Gasteiger partial charge in [0, 0.05) is 26.2 Å². The molecule has 0 unspecified atom stereocenters. The van der Waals surface area contributed by atoms with E-state index in [0.717, 1.165) is 42.1 Å². The molecule has 2 aromatic rings. The number of benzene rings is 2. The monoisotopic (exact) mass is 428 g/mol. The summed E-state index contributed by atoms with van der Waals surface area (Å²) in [4.78, 5) is 14.7. The van der Waals surface area contributed by atoms with E-state index in [-0.39, 0.29) is 24.6 Å². The van der Waals surface area contributed by atoms with Crippen LogP contribution in [0.25, 0.3) is 0 Å². The summed E-state index contributed by atoms with van der Waals surface area (Å²) in [5, 5.41) is 3.09. The molecular formula is C24H32N2O5. The Morgan fingerprint density at radius 2 is 1.84 bits per heavy atom. The van der Waals surface area contributed by atoms with Crippen LogP contribution in [0.2, 0.25) is 0 Å². The van der Waals surface area contributed by atoms with Crippen molar-refractivity contribution in [3.63, 3.8) is 0 Å². The molecule has 31 heavy (non-hydrogen) atoms. The zero-order valence-electron chi connectivity index (χ0n) is 18.9. The number of ether oxygens (including phenoxy) is 4. The SMILES string of the molecule is COCC(=O)N[C@@H](C)[C@H]1c2cc(OC)c(OC)cc2CCN1Cc1cccc(OC)c1. The van der Waals surface area contributed by atoms with Gasteiger partial charge in [-0.15, -0.1) is 0 Å². The van der Waals surface area contributed by atoms with E-state index in [1.807, 2.05) is 31.2 Å². The number of nitrogens with one attached hydrogen (secondary N) is 1. The Hall–Kier alpha value is -2.77. The normalized spacial score (nSPS) is 16.9. The largest absolute Gasteiger partial charge is 0.497 e. The van der Waals surface area contributed by atoms with Crippen LogP contribution < -0.4 is 19.5 Å². The summed E-state index contributed by atoms with van der Waals surface area (Å²) in [5.74, 6) is 2.10. The molecule has 0 aromatic heterocycles. The van der Waals surface area contributed by atoms with E-state index < -0.39 is 0 Å². The van der Waals surface area contributed by atoms with E-state index in [1.54, 1.807) is 21.3 Å². The summed E-state index contributed by atoms with van der Waals surface area (Å²) in [5.41, 5.74) is 3.50. The highest BCUT2D eigenvalue weighted by Crippen LogP contribution is 2.40. The van der Waals surface area contributed by atoms with Gasteiger partial charge in [-0.25, -0.2) is 0 Å². The van der Waals surface area contributed by atoms with Crippen LogP contribution in [-0.4, -0.2) is 58.4 Å². The van der Waals surface area contributed by atoms with Crippen LogP contribution in [-0.2, 0) is 22.5 Å². The van der Waals surface area contributed by atoms with Crippen LogP contribution >= 0.6 is 0 Å². The van der Waals surface area contributed by atoms with Crippen LogP contribution in [0.15, 0.2) is 36.4 Å². The third kappa shape index (κ3) is 5.29. The molecule has 7 nitrogen and oxygen atoms in total. The van der Waals surface area contributed by atoms with E-state index in [9.17, 15) is 4.79 Å². The van der Waals surface area contributed by atoms with Crippen molar-refractivity contribution in [3.05, 3.63) is 53.1 Å². The minimum Gasteiger partial charge on any atom is -0.497 e. The van der Waals surface area contributed by atoms with Gasteiger partial charge in [0.15, 0.2) is 11.5 Å². The smallest absolute Gasteiger partial charge is 0.246 e. The van der Waals surface area contributed by atoms with Crippen molar-refractivity contribution < 1.29 is 23.7 Å². The van der Waals surface area contributed by atoms with Gasteiger partial charge >= 0.3 is 0 Å². The quantitative estimate of drug-likeness (QED) is 0.662. The molecule has 1 amide bonds. The van der Waals surface area contributed by atoms with Gasteiger partial charge in [0.2, 0.25) is 5.91 Å². The molecule has 1 heterocycles. The van der Waals surface area contributed by atoms with Crippen molar-refractivity contribution in [3.8, 4) is 17.2 Å². The molecule has 1 aliphatic heterocycles. The number of methoxy groups -OCH3 is 4. The summed E-state index contributed by atoms with van der Waals surface area (Å²) < 4.78 is 21.5. The molecule has 0 fully saturated rings. The van der Waals surface area contributed by atoms with Gasteiger partial charge < -0.3 is 24.3 Å². The van der Waals surface area contributed by atoms with Gasteiger partial charge in [0.25, 0.3) is 0 Å². The number of carbonyl (C=O) groups excluding carboxylic acids is 1. The fourth-order valence-electron chi connectivity index (χ4n) is 4.30. The predicted molar refractivity (Wildman–Crippen MR) is 119 cm³/mol. The first-order valence-electron chi connectivity index (χ1n) is 10.4. The maximum Gasteiger partial charge on any atom is 0.246 e. The number of hydrogen-bond acceptors (Lipinski definition) is 6. The van der Waals surface area contributed by atoms with Gasteiger partial charge in [-0.3, -0.25) is 9.69 Å². The lowest BCUT2D eigenvalue weighted by molar-refractivity contribution is -0.125. The molecule has 1 aliphatic rings. The molecule has 0 saturated carbocycles. The van der Waals surface area contributed by atoms with Crippen molar-refractivity contribution in [2.45, 2.75) is 32.0 Å². The molecule has 0 radical (unpaired) electrons. The second kappa shape index (κ2) is 10.5. The van der Waals surface area contributed by atoms with Crippen LogP contribution in [0.3, 0.4) is 0 Å². The Morgan fingerprint density at radius 1 is 1.10 bits per heavy atom. The molecule has 3 rings (SSSR count). The van der Waals surface area contributed by atoms with Crippen LogP contribution in [0, 0.1) is 0 Å². The lowest BCUT2D eigenvalue weighted by atomic mass is 9.87. The second-order valence-corrected chi connectivity index (χ2v) is 7.71. The van der Waals surface area contributed by atoms with Gasteiger partial charge in [-0.1, -0.05) is 12.1 Å². The van der Waals surface area contributed by atoms with E-state index in [4.69, 9.17) is 18.9 Å². The maximum absolute atomic E-state index is 12.3. The van der Waals surface area contributed by atoms with Crippen LogP contribution in [0.1, 0.15) is 29.7 Å². The summed E-state index contributed by atoms with van der Waals surface area (Å²) in [6.45, 7) is 3.66. The summed E-state index contributed by atoms with van der Waals surface area (Å²) in [6.07, 6.45) is 0.884. The van der Waals surface area contributed by atoms with E-state index in [1.165, 1.54) is 12.7 Å². The third-order valence-electron chi connectivity index (χ3n) is 5.68. The Labute approximate surface area is 184 Å². The van der Waals surface area contributed by atoms with Gasteiger partial charge in [0.1, 0.15) is 12.4 Å². The Balaban J connectivity index is 1.97.